The van der Waals surface area contributed by atoms with E-state index >= 15 is 0 Å². The molecule has 0 atom stereocenters. The second-order valence-electron chi connectivity index (χ2n) is 4.73. The van der Waals surface area contributed by atoms with Gasteiger partial charge in [-0.05, 0) is 30.2 Å². The Labute approximate surface area is 124 Å². The van der Waals surface area contributed by atoms with Gasteiger partial charge in [-0.3, -0.25) is 0 Å². The molecule has 0 aliphatic rings. The van der Waals surface area contributed by atoms with Crippen LogP contribution in [0.2, 0.25) is 0 Å². The highest BCUT2D eigenvalue weighted by Crippen LogP contribution is 2.22. The van der Waals surface area contributed by atoms with E-state index in [1.807, 2.05) is 41.1 Å². The first-order valence-corrected chi connectivity index (χ1v) is 6.96. The highest BCUT2D eigenvalue weighted by molar-refractivity contribution is 5.57. The zero-order valence-corrected chi connectivity index (χ0v) is 12.2. The second-order valence-corrected chi connectivity index (χ2v) is 4.73. The summed E-state index contributed by atoms with van der Waals surface area (Å²) >= 11 is 0. The molecule has 0 radical (unpaired) electrons. The van der Waals surface area contributed by atoms with Crippen molar-refractivity contribution in [1.82, 2.24) is 14.8 Å². The van der Waals surface area contributed by atoms with E-state index in [1.54, 1.807) is 13.4 Å². The van der Waals surface area contributed by atoms with Gasteiger partial charge in [0.25, 0.3) is 0 Å². The molecule has 0 N–H and O–H groups in total. The Kier molecular flexibility index (Phi) is 3.69. The van der Waals surface area contributed by atoms with Crippen molar-refractivity contribution in [2.75, 3.05) is 7.11 Å². The average Bonchev–Trinajstić information content (AvgIpc) is 3.04. The van der Waals surface area contributed by atoms with Crippen LogP contribution >= 0.6 is 0 Å². The maximum atomic E-state index is 5.24. The number of nitrogens with zero attached hydrogens (tertiary/aromatic N) is 3. The van der Waals surface area contributed by atoms with Crippen molar-refractivity contribution in [2.45, 2.75) is 13.3 Å². The van der Waals surface area contributed by atoms with Crippen LogP contribution in [0.1, 0.15) is 12.5 Å². The molecular formula is C17H17N3O. The molecule has 0 amide bonds. The van der Waals surface area contributed by atoms with Gasteiger partial charge in [0.1, 0.15) is 12.1 Å². The van der Waals surface area contributed by atoms with E-state index in [-0.39, 0.29) is 0 Å². The van der Waals surface area contributed by atoms with Gasteiger partial charge < -0.3 is 4.74 Å². The van der Waals surface area contributed by atoms with E-state index < -0.39 is 0 Å². The lowest BCUT2D eigenvalue weighted by molar-refractivity contribution is 0.415. The summed E-state index contributed by atoms with van der Waals surface area (Å²) in [5.74, 6) is 1.50. The zero-order chi connectivity index (χ0) is 14.7. The number of hydrogen-bond donors (Lipinski definition) is 0. The van der Waals surface area contributed by atoms with Crippen LogP contribution in [-0.2, 0) is 6.42 Å². The van der Waals surface area contributed by atoms with E-state index in [0.29, 0.717) is 5.82 Å². The van der Waals surface area contributed by atoms with Crippen molar-refractivity contribution in [2.24, 2.45) is 0 Å². The molecule has 106 valence electrons. The third-order valence-electron chi connectivity index (χ3n) is 3.44. The molecule has 3 aromatic rings. The maximum absolute atomic E-state index is 5.24. The van der Waals surface area contributed by atoms with Crippen molar-refractivity contribution in [3.63, 3.8) is 0 Å². The number of ether oxygens (including phenoxy) is 1. The quantitative estimate of drug-likeness (QED) is 0.733. The van der Waals surface area contributed by atoms with Gasteiger partial charge in [-0.15, -0.1) is 5.10 Å². The monoisotopic (exact) mass is 279 g/mol. The normalized spacial score (nSPS) is 10.6. The topological polar surface area (TPSA) is 39.9 Å². The summed E-state index contributed by atoms with van der Waals surface area (Å²) in [4.78, 5) is 4.41. The van der Waals surface area contributed by atoms with Crippen LogP contribution < -0.4 is 4.74 Å². The fourth-order valence-corrected chi connectivity index (χ4v) is 2.31. The number of methoxy groups -OCH3 is 1. The van der Waals surface area contributed by atoms with Crippen LogP contribution in [0, 0.1) is 0 Å². The van der Waals surface area contributed by atoms with Crippen LogP contribution in [0.25, 0.3) is 17.1 Å². The SMILES string of the molecule is CCc1ccccc1-n1cnc(-c2cccc(OC)c2)n1. The molecular weight excluding hydrogens is 262 g/mol. The third-order valence-corrected chi connectivity index (χ3v) is 3.44. The molecule has 0 aliphatic carbocycles. The Bertz CT molecular complexity index is 749. The molecule has 0 fully saturated rings. The molecule has 0 bridgehead atoms. The van der Waals surface area contributed by atoms with Crippen molar-refractivity contribution >= 4 is 0 Å². The molecule has 4 heteroatoms. The zero-order valence-electron chi connectivity index (χ0n) is 12.2. The Hall–Kier alpha value is -2.62. The van der Waals surface area contributed by atoms with Gasteiger partial charge in [-0.1, -0.05) is 37.3 Å². The second kappa shape index (κ2) is 5.79. The standard InChI is InChI=1S/C17H17N3O/c1-3-13-7-4-5-10-16(13)20-12-18-17(19-20)14-8-6-9-15(11-14)21-2/h4-12H,3H2,1-2H3. The van der Waals surface area contributed by atoms with E-state index in [0.717, 1.165) is 23.4 Å². The number of rotatable bonds is 4. The summed E-state index contributed by atoms with van der Waals surface area (Å²) in [6, 6.07) is 16.0. The van der Waals surface area contributed by atoms with Gasteiger partial charge in [0, 0.05) is 5.56 Å². The van der Waals surface area contributed by atoms with Crippen LogP contribution in [0.3, 0.4) is 0 Å². The van der Waals surface area contributed by atoms with Gasteiger partial charge in [0.2, 0.25) is 0 Å². The molecule has 3 rings (SSSR count). The predicted molar refractivity (Wildman–Crippen MR) is 82.7 cm³/mol. The summed E-state index contributed by atoms with van der Waals surface area (Å²) in [5.41, 5.74) is 3.27. The minimum atomic E-state index is 0.694. The lowest BCUT2D eigenvalue weighted by atomic mass is 10.1. The molecule has 0 saturated heterocycles. The average molecular weight is 279 g/mol. The number of aromatic nitrogens is 3. The van der Waals surface area contributed by atoms with E-state index in [2.05, 4.69) is 29.1 Å². The van der Waals surface area contributed by atoms with E-state index in [1.165, 1.54) is 5.56 Å². The summed E-state index contributed by atoms with van der Waals surface area (Å²) in [6.45, 7) is 2.14. The number of hydrogen-bond acceptors (Lipinski definition) is 3. The number of aryl methyl sites for hydroxylation is 1. The van der Waals surface area contributed by atoms with Crippen LogP contribution in [-0.4, -0.2) is 21.9 Å². The van der Waals surface area contributed by atoms with Crippen LogP contribution in [0.15, 0.2) is 54.9 Å². The summed E-state index contributed by atoms with van der Waals surface area (Å²) in [5, 5.41) is 4.58. The van der Waals surface area contributed by atoms with Gasteiger partial charge in [0.15, 0.2) is 5.82 Å². The lowest BCUT2D eigenvalue weighted by Gasteiger charge is -2.06. The van der Waals surface area contributed by atoms with E-state index in [9.17, 15) is 0 Å². The molecule has 21 heavy (non-hydrogen) atoms. The number of para-hydroxylation sites is 1. The fourth-order valence-electron chi connectivity index (χ4n) is 2.31. The largest absolute Gasteiger partial charge is 0.497 e. The minimum Gasteiger partial charge on any atom is -0.497 e. The predicted octanol–water partition coefficient (Wildman–Crippen LogP) is 3.51. The van der Waals surface area contributed by atoms with Gasteiger partial charge >= 0.3 is 0 Å². The molecule has 4 nitrogen and oxygen atoms in total. The van der Waals surface area contributed by atoms with Crippen molar-refractivity contribution < 1.29 is 4.74 Å². The Morgan fingerprint density at radius 1 is 1.10 bits per heavy atom. The minimum absolute atomic E-state index is 0.694. The first kappa shape index (κ1) is 13.4. The molecule has 1 heterocycles. The molecule has 0 aliphatic heterocycles. The van der Waals surface area contributed by atoms with E-state index in [4.69, 9.17) is 4.74 Å². The van der Waals surface area contributed by atoms with Gasteiger partial charge in [0.05, 0.1) is 12.8 Å². The van der Waals surface area contributed by atoms with Crippen molar-refractivity contribution in [3.05, 3.63) is 60.4 Å². The Morgan fingerprint density at radius 2 is 1.95 bits per heavy atom. The maximum Gasteiger partial charge on any atom is 0.181 e. The Morgan fingerprint density at radius 3 is 2.76 bits per heavy atom. The molecule has 0 spiro atoms. The third kappa shape index (κ3) is 2.65. The highest BCUT2D eigenvalue weighted by Gasteiger charge is 2.08. The van der Waals surface area contributed by atoms with Gasteiger partial charge in [-0.2, -0.15) is 0 Å². The lowest BCUT2D eigenvalue weighted by Crippen LogP contribution is -1.99. The van der Waals surface area contributed by atoms with Crippen molar-refractivity contribution in [1.29, 1.82) is 0 Å². The van der Waals surface area contributed by atoms with Crippen molar-refractivity contribution in [3.8, 4) is 22.8 Å². The summed E-state index contributed by atoms with van der Waals surface area (Å²) in [6.07, 6.45) is 2.72. The Balaban J connectivity index is 1.99. The summed E-state index contributed by atoms with van der Waals surface area (Å²) in [7, 11) is 1.66. The first-order chi connectivity index (χ1) is 10.3. The molecule has 2 aromatic carbocycles. The first-order valence-electron chi connectivity index (χ1n) is 6.96. The highest BCUT2D eigenvalue weighted by atomic mass is 16.5. The number of benzene rings is 2. The molecule has 0 unspecified atom stereocenters. The fraction of sp³-hybridized carbons (Fsp3) is 0.176. The summed E-state index contributed by atoms with van der Waals surface area (Å²) < 4.78 is 7.07. The van der Waals surface area contributed by atoms with Crippen LogP contribution in [0.4, 0.5) is 0 Å². The molecule has 0 saturated carbocycles. The van der Waals surface area contributed by atoms with Gasteiger partial charge in [-0.25, -0.2) is 9.67 Å². The smallest absolute Gasteiger partial charge is 0.181 e. The van der Waals surface area contributed by atoms with Crippen LogP contribution in [0.5, 0.6) is 5.75 Å². The molecule has 1 aromatic heterocycles.